The highest BCUT2D eigenvalue weighted by Gasteiger charge is 2.32. The lowest BCUT2D eigenvalue weighted by atomic mass is 10.0. The molecular weight excluding hydrogens is 280 g/mol. The summed E-state index contributed by atoms with van der Waals surface area (Å²) in [5, 5.41) is 4.74. The van der Waals surface area contributed by atoms with Crippen LogP contribution < -0.4 is 10.2 Å². The Balaban J connectivity index is 2.08. The third-order valence-corrected chi connectivity index (χ3v) is 5.47. The van der Waals surface area contributed by atoms with Gasteiger partial charge in [0.1, 0.15) is 0 Å². The molecule has 1 aromatic rings. The van der Waals surface area contributed by atoms with Gasteiger partial charge in [0.2, 0.25) is 0 Å². The van der Waals surface area contributed by atoms with E-state index in [-0.39, 0.29) is 11.1 Å². The van der Waals surface area contributed by atoms with Gasteiger partial charge in [0.25, 0.3) is 0 Å². The summed E-state index contributed by atoms with van der Waals surface area (Å²) in [4.78, 5) is 11.0. The van der Waals surface area contributed by atoms with Gasteiger partial charge in [0, 0.05) is 42.1 Å². The predicted octanol–water partition coefficient (Wildman–Crippen LogP) is 2.87. The van der Waals surface area contributed by atoms with Crippen LogP contribution in [0.5, 0.6) is 0 Å². The van der Waals surface area contributed by atoms with Crippen molar-refractivity contribution in [2.45, 2.75) is 59.2 Å². The van der Waals surface area contributed by atoms with Gasteiger partial charge in [-0.2, -0.15) is 0 Å². The Bertz CT molecular complexity index is 487. The molecule has 0 unspecified atom stereocenters. The Hall–Kier alpha value is -0.650. The van der Waals surface area contributed by atoms with E-state index in [4.69, 9.17) is 4.98 Å². The number of hydrogen-bond donors (Lipinski definition) is 1. The predicted molar refractivity (Wildman–Crippen MR) is 92.4 cm³/mol. The Kier molecular flexibility index (Phi) is 4.66. The lowest BCUT2D eigenvalue weighted by Crippen LogP contribution is -2.57. The Labute approximate surface area is 133 Å². The normalized spacial score (nSPS) is 20.0. The summed E-state index contributed by atoms with van der Waals surface area (Å²) < 4.78 is 0. The second kappa shape index (κ2) is 5.86. The second-order valence-corrected chi connectivity index (χ2v) is 8.83. The van der Waals surface area contributed by atoms with Crippen molar-refractivity contribution in [2.75, 3.05) is 31.6 Å². The average Bonchev–Trinajstić information content (AvgIpc) is 2.71. The van der Waals surface area contributed by atoms with Gasteiger partial charge >= 0.3 is 0 Å². The van der Waals surface area contributed by atoms with Crippen LogP contribution in [0.4, 0.5) is 5.13 Å². The molecule has 0 bridgehead atoms. The van der Waals surface area contributed by atoms with Crippen molar-refractivity contribution in [3.63, 3.8) is 0 Å². The van der Waals surface area contributed by atoms with Crippen molar-refractivity contribution in [2.24, 2.45) is 0 Å². The van der Waals surface area contributed by atoms with Crippen molar-refractivity contribution >= 4 is 16.5 Å². The minimum absolute atomic E-state index is 0.145. The van der Waals surface area contributed by atoms with Crippen molar-refractivity contribution in [1.29, 1.82) is 0 Å². The summed E-state index contributed by atoms with van der Waals surface area (Å²) in [7, 11) is 2.21. The van der Waals surface area contributed by atoms with E-state index in [1.807, 2.05) is 11.3 Å². The van der Waals surface area contributed by atoms with Crippen molar-refractivity contribution in [3.8, 4) is 0 Å². The maximum Gasteiger partial charge on any atom is 0.185 e. The molecule has 2 heterocycles. The number of likely N-dealkylation sites (N-methyl/N-ethyl adjacent to an activating group) is 1. The molecule has 0 aromatic carbocycles. The van der Waals surface area contributed by atoms with E-state index in [9.17, 15) is 0 Å². The van der Waals surface area contributed by atoms with E-state index in [1.54, 1.807) is 0 Å². The van der Waals surface area contributed by atoms with Gasteiger partial charge in [0.15, 0.2) is 5.13 Å². The zero-order valence-electron chi connectivity index (χ0n) is 14.6. The van der Waals surface area contributed by atoms with Crippen LogP contribution in [0.25, 0.3) is 0 Å². The van der Waals surface area contributed by atoms with Crippen LogP contribution in [-0.4, -0.2) is 47.6 Å². The van der Waals surface area contributed by atoms with Gasteiger partial charge < -0.3 is 10.2 Å². The van der Waals surface area contributed by atoms with Crippen LogP contribution >= 0.6 is 11.3 Å². The first-order valence-electron chi connectivity index (χ1n) is 7.76. The molecule has 1 N–H and O–H groups in total. The summed E-state index contributed by atoms with van der Waals surface area (Å²) in [6, 6.07) is 0. The summed E-state index contributed by atoms with van der Waals surface area (Å²) in [5.41, 5.74) is 1.53. The van der Waals surface area contributed by atoms with Crippen LogP contribution in [0.2, 0.25) is 0 Å². The molecule has 0 radical (unpaired) electrons. The molecule has 0 aliphatic carbocycles. The molecular formula is C16H30N4S. The van der Waals surface area contributed by atoms with Crippen LogP contribution in [0.3, 0.4) is 0 Å². The SMILES string of the molecule is Cc1nc(N2CCN(C)C(C)(C)C2)sc1CNC(C)(C)C. The molecule has 1 aliphatic heterocycles. The molecule has 0 atom stereocenters. The molecule has 0 saturated carbocycles. The van der Waals surface area contributed by atoms with Crippen LogP contribution in [0, 0.1) is 6.92 Å². The standard InChI is InChI=1S/C16H30N4S/c1-12-13(10-17-15(2,3)4)21-14(18-12)20-9-8-19(7)16(5,6)11-20/h17H,8-11H2,1-7H3. The monoisotopic (exact) mass is 310 g/mol. The maximum atomic E-state index is 4.81. The number of nitrogens with one attached hydrogen (secondary N) is 1. The van der Waals surface area contributed by atoms with Crippen LogP contribution in [-0.2, 0) is 6.54 Å². The number of rotatable bonds is 3. The zero-order valence-corrected chi connectivity index (χ0v) is 15.4. The highest BCUT2D eigenvalue weighted by Crippen LogP contribution is 2.30. The average molecular weight is 311 g/mol. The third kappa shape index (κ3) is 4.18. The number of hydrogen-bond acceptors (Lipinski definition) is 5. The molecule has 21 heavy (non-hydrogen) atoms. The fraction of sp³-hybridized carbons (Fsp3) is 0.812. The minimum atomic E-state index is 0.145. The maximum absolute atomic E-state index is 4.81. The second-order valence-electron chi connectivity index (χ2n) is 7.76. The summed E-state index contributed by atoms with van der Waals surface area (Å²) in [6.45, 7) is 17.5. The molecule has 1 aliphatic rings. The van der Waals surface area contributed by atoms with Crippen LogP contribution in [0.15, 0.2) is 0 Å². The summed E-state index contributed by atoms with van der Waals surface area (Å²) in [6.07, 6.45) is 0. The van der Waals surface area contributed by atoms with Gasteiger partial charge in [0.05, 0.1) is 5.69 Å². The number of piperazine rings is 1. The zero-order chi connectivity index (χ0) is 15.8. The Morgan fingerprint density at radius 3 is 2.52 bits per heavy atom. The van der Waals surface area contributed by atoms with E-state index in [0.717, 1.165) is 26.2 Å². The van der Waals surface area contributed by atoms with Crippen molar-refractivity contribution in [1.82, 2.24) is 15.2 Å². The number of nitrogens with zero attached hydrogens (tertiary/aromatic N) is 3. The molecule has 0 spiro atoms. The quantitative estimate of drug-likeness (QED) is 0.930. The molecule has 1 aromatic heterocycles. The fourth-order valence-electron chi connectivity index (χ4n) is 2.46. The smallest absolute Gasteiger partial charge is 0.185 e. The van der Waals surface area contributed by atoms with Gasteiger partial charge in [-0.3, -0.25) is 4.90 Å². The molecule has 2 rings (SSSR count). The highest BCUT2D eigenvalue weighted by atomic mass is 32.1. The highest BCUT2D eigenvalue weighted by molar-refractivity contribution is 7.15. The van der Waals surface area contributed by atoms with E-state index in [2.05, 4.69) is 63.7 Å². The minimum Gasteiger partial charge on any atom is -0.345 e. The molecule has 5 heteroatoms. The molecule has 4 nitrogen and oxygen atoms in total. The van der Waals surface area contributed by atoms with E-state index in [1.165, 1.54) is 15.7 Å². The molecule has 1 fully saturated rings. The molecule has 0 amide bonds. The first-order valence-corrected chi connectivity index (χ1v) is 8.58. The van der Waals surface area contributed by atoms with E-state index < -0.39 is 0 Å². The van der Waals surface area contributed by atoms with Crippen molar-refractivity contribution < 1.29 is 0 Å². The van der Waals surface area contributed by atoms with Crippen LogP contribution in [0.1, 0.15) is 45.2 Å². The summed E-state index contributed by atoms with van der Waals surface area (Å²) in [5.74, 6) is 0. The van der Waals surface area contributed by atoms with E-state index in [0.29, 0.717) is 0 Å². The molecule has 1 saturated heterocycles. The van der Waals surface area contributed by atoms with Crippen molar-refractivity contribution in [3.05, 3.63) is 10.6 Å². The Morgan fingerprint density at radius 1 is 1.29 bits per heavy atom. The largest absolute Gasteiger partial charge is 0.345 e. The number of thiazole rings is 1. The fourth-order valence-corrected chi connectivity index (χ4v) is 3.49. The summed E-state index contributed by atoms with van der Waals surface area (Å²) >= 11 is 1.84. The lowest BCUT2D eigenvalue weighted by molar-refractivity contribution is 0.139. The number of aromatic nitrogens is 1. The van der Waals surface area contributed by atoms with E-state index >= 15 is 0 Å². The third-order valence-electron chi connectivity index (χ3n) is 4.25. The topological polar surface area (TPSA) is 31.4 Å². The first-order chi connectivity index (χ1) is 9.58. The lowest BCUT2D eigenvalue weighted by Gasteiger charge is -2.45. The van der Waals surface area contributed by atoms with Gasteiger partial charge in [-0.05, 0) is 48.6 Å². The molecule has 120 valence electrons. The van der Waals surface area contributed by atoms with Gasteiger partial charge in [-0.1, -0.05) is 0 Å². The first kappa shape index (κ1) is 16.7. The number of anilines is 1. The Morgan fingerprint density at radius 2 is 1.95 bits per heavy atom. The number of aryl methyl sites for hydroxylation is 1. The van der Waals surface area contributed by atoms with Gasteiger partial charge in [-0.25, -0.2) is 4.98 Å². The van der Waals surface area contributed by atoms with Gasteiger partial charge in [-0.15, -0.1) is 11.3 Å².